The van der Waals surface area contributed by atoms with Gasteiger partial charge in [-0.1, -0.05) is 23.2 Å². The second-order valence-electron chi connectivity index (χ2n) is 5.09. The van der Waals surface area contributed by atoms with Gasteiger partial charge in [0.25, 0.3) is 0 Å². The number of aromatic nitrogens is 1. The second kappa shape index (κ2) is 5.10. The molecular weight excluding hydrogens is 260 g/mol. The molecule has 0 N–H and O–H groups in total. The van der Waals surface area contributed by atoms with Crippen LogP contribution in [-0.4, -0.2) is 23.0 Å². The summed E-state index contributed by atoms with van der Waals surface area (Å²) >= 11 is 6.12. The van der Waals surface area contributed by atoms with E-state index in [0.29, 0.717) is 5.15 Å². The van der Waals surface area contributed by atoms with Crippen molar-refractivity contribution in [3.05, 3.63) is 40.5 Å². The van der Waals surface area contributed by atoms with Crippen LogP contribution in [0.1, 0.15) is 25.0 Å². The third-order valence-corrected chi connectivity index (χ3v) is 3.08. The minimum Gasteiger partial charge on any atom is -0.301 e. The molecule has 0 aliphatic heterocycles. The first-order valence-corrected chi connectivity index (χ1v) is 6.37. The molecule has 0 spiro atoms. The lowest BCUT2D eigenvalue weighted by Gasteiger charge is -2.10. The maximum absolute atomic E-state index is 10.8. The molecule has 2 rings (SSSR count). The molecule has 1 heterocycles. The predicted octanol–water partition coefficient (Wildman–Crippen LogP) is 3.59. The molecule has 1 aromatic heterocycles. The van der Waals surface area contributed by atoms with Gasteiger partial charge in [0, 0.05) is 17.2 Å². The standard InChI is InChI=1S/C15H15ClN2O/c1-10-4-5-13-11(6-10)7-12(14(16)18-13)8-17-15(2,3)9-19/h4-9H,1-3H3. The first kappa shape index (κ1) is 13.7. The first-order chi connectivity index (χ1) is 8.91. The van der Waals surface area contributed by atoms with Crippen LogP contribution in [0.2, 0.25) is 5.15 Å². The highest BCUT2D eigenvalue weighted by Gasteiger charge is 2.13. The van der Waals surface area contributed by atoms with Gasteiger partial charge in [-0.2, -0.15) is 0 Å². The Labute approximate surface area is 117 Å². The van der Waals surface area contributed by atoms with E-state index in [2.05, 4.69) is 9.98 Å². The summed E-state index contributed by atoms with van der Waals surface area (Å²) < 4.78 is 0. The maximum atomic E-state index is 10.8. The van der Waals surface area contributed by atoms with E-state index >= 15 is 0 Å². The van der Waals surface area contributed by atoms with Crippen LogP contribution < -0.4 is 0 Å². The summed E-state index contributed by atoms with van der Waals surface area (Å²) in [6.07, 6.45) is 2.40. The van der Waals surface area contributed by atoms with Gasteiger partial charge in [-0.05, 0) is 39.0 Å². The van der Waals surface area contributed by atoms with Crippen LogP contribution in [0.25, 0.3) is 10.9 Å². The fourth-order valence-corrected chi connectivity index (χ4v) is 1.84. The summed E-state index contributed by atoms with van der Waals surface area (Å²) in [7, 11) is 0. The molecule has 2 aromatic rings. The zero-order valence-corrected chi connectivity index (χ0v) is 11.9. The van der Waals surface area contributed by atoms with Gasteiger partial charge in [-0.3, -0.25) is 4.99 Å². The van der Waals surface area contributed by atoms with Gasteiger partial charge in [-0.25, -0.2) is 4.98 Å². The number of hydrogen-bond acceptors (Lipinski definition) is 3. The lowest BCUT2D eigenvalue weighted by atomic mass is 10.1. The number of aliphatic imine (C=N–C) groups is 1. The molecule has 0 aliphatic rings. The Morgan fingerprint density at radius 1 is 1.32 bits per heavy atom. The van der Waals surface area contributed by atoms with Crippen molar-refractivity contribution in [2.24, 2.45) is 4.99 Å². The van der Waals surface area contributed by atoms with Crippen molar-refractivity contribution in [2.75, 3.05) is 0 Å². The Kier molecular flexibility index (Phi) is 3.67. The van der Waals surface area contributed by atoms with Crippen LogP contribution in [0, 0.1) is 6.92 Å². The van der Waals surface area contributed by atoms with Crippen molar-refractivity contribution >= 4 is 35.0 Å². The van der Waals surface area contributed by atoms with Crippen LogP contribution in [0.4, 0.5) is 0 Å². The molecule has 0 atom stereocenters. The summed E-state index contributed by atoms with van der Waals surface area (Å²) in [6.45, 7) is 5.50. The summed E-state index contributed by atoms with van der Waals surface area (Å²) in [6, 6.07) is 7.91. The Balaban J connectivity index is 2.49. The molecular formula is C15H15ClN2O. The van der Waals surface area contributed by atoms with Gasteiger partial charge in [-0.15, -0.1) is 0 Å². The predicted molar refractivity (Wildman–Crippen MR) is 79.2 cm³/mol. The van der Waals surface area contributed by atoms with Gasteiger partial charge >= 0.3 is 0 Å². The van der Waals surface area contributed by atoms with Crippen LogP contribution in [0.3, 0.4) is 0 Å². The van der Waals surface area contributed by atoms with Crippen LogP contribution in [0.15, 0.2) is 29.3 Å². The van der Waals surface area contributed by atoms with Gasteiger partial charge in [0.15, 0.2) is 0 Å². The van der Waals surface area contributed by atoms with Gasteiger partial charge in [0.2, 0.25) is 0 Å². The monoisotopic (exact) mass is 274 g/mol. The number of carbonyl (C=O) groups is 1. The minimum absolute atomic E-state index is 0.391. The fraction of sp³-hybridized carbons (Fsp3) is 0.267. The normalized spacial score (nSPS) is 12.2. The lowest BCUT2D eigenvalue weighted by molar-refractivity contribution is -0.111. The van der Waals surface area contributed by atoms with Crippen LogP contribution >= 0.6 is 11.6 Å². The summed E-state index contributed by atoms with van der Waals surface area (Å²) in [5.41, 5.74) is 1.98. The number of nitrogens with zero attached hydrogens (tertiary/aromatic N) is 2. The van der Waals surface area contributed by atoms with E-state index in [4.69, 9.17) is 11.6 Å². The number of carbonyl (C=O) groups excluding carboxylic acids is 1. The van der Waals surface area contributed by atoms with E-state index in [0.717, 1.165) is 28.3 Å². The van der Waals surface area contributed by atoms with Crippen molar-refractivity contribution in [3.8, 4) is 0 Å². The van der Waals surface area contributed by atoms with Crippen molar-refractivity contribution in [1.29, 1.82) is 0 Å². The number of halogens is 1. The number of pyridine rings is 1. The van der Waals surface area contributed by atoms with Crippen LogP contribution in [0.5, 0.6) is 0 Å². The quantitative estimate of drug-likeness (QED) is 0.488. The molecule has 0 aliphatic carbocycles. The van der Waals surface area contributed by atoms with Crippen molar-refractivity contribution in [1.82, 2.24) is 4.98 Å². The van der Waals surface area contributed by atoms with E-state index in [1.54, 1.807) is 20.1 Å². The van der Waals surface area contributed by atoms with Gasteiger partial charge in [0.05, 0.1) is 5.52 Å². The summed E-state index contributed by atoms with van der Waals surface area (Å²) in [4.78, 5) is 19.4. The third-order valence-electron chi connectivity index (χ3n) is 2.78. The highest BCUT2D eigenvalue weighted by Crippen LogP contribution is 2.21. The molecule has 0 radical (unpaired) electrons. The van der Waals surface area contributed by atoms with E-state index in [1.807, 2.05) is 31.2 Å². The number of aldehydes is 1. The highest BCUT2D eigenvalue weighted by molar-refractivity contribution is 6.32. The van der Waals surface area contributed by atoms with E-state index in [-0.39, 0.29) is 0 Å². The van der Waals surface area contributed by atoms with E-state index in [1.165, 1.54) is 0 Å². The zero-order valence-electron chi connectivity index (χ0n) is 11.1. The smallest absolute Gasteiger partial charge is 0.146 e. The molecule has 0 amide bonds. The number of aryl methyl sites for hydroxylation is 1. The molecule has 19 heavy (non-hydrogen) atoms. The first-order valence-electron chi connectivity index (χ1n) is 6.00. The number of benzene rings is 1. The average molecular weight is 275 g/mol. The Morgan fingerprint density at radius 3 is 2.74 bits per heavy atom. The second-order valence-corrected chi connectivity index (χ2v) is 5.45. The molecule has 4 heteroatoms. The van der Waals surface area contributed by atoms with Crippen molar-refractivity contribution in [3.63, 3.8) is 0 Å². The highest BCUT2D eigenvalue weighted by atomic mass is 35.5. The fourth-order valence-electron chi connectivity index (χ4n) is 1.65. The summed E-state index contributed by atoms with van der Waals surface area (Å²) in [5, 5.41) is 1.40. The maximum Gasteiger partial charge on any atom is 0.146 e. The van der Waals surface area contributed by atoms with E-state index < -0.39 is 5.54 Å². The van der Waals surface area contributed by atoms with Crippen molar-refractivity contribution < 1.29 is 4.79 Å². The number of rotatable bonds is 3. The minimum atomic E-state index is -0.745. The third kappa shape index (κ3) is 3.18. The Bertz CT molecular complexity index is 662. The topological polar surface area (TPSA) is 42.3 Å². The lowest BCUT2D eigenvalue weighted by Crippen LogP contribution is -2.18. The average Bonchev–Trinajstić information content (AvgIpc) is 2.37. The van der Waals surface area contributed by atoms with Crippen LogP contribution in [-0.2, 0) is 4.79 Å². The number of fused-ring (bicyclic) bond motifs is 1. The largest absolute Gasteiger partial charge is 0.301 e. The molecule has 98 valence electrons. The van der Waals surface area contributed by atoms with Gasteiger partial charge < -0.3 is 4.79 Å². The Hall–Kier alpha value is -1.74. The Morgan fingerprint density at radius 2 is 2.05 bits per heavy atom. The SMILES string of the molecule is Cc1ccc2nc(Cl)c(C=NC(C)(C)C=O)cc2c1. The molecule has 1 aromatic carbocycles. The molecule has 0 unspecified atom stereocenters. The zero-order chi connectivity index (χ0) is 14.0. The molecule has 0 saturated heterocycles. The molecule has 0 saturated carbocycles. The number of hydrogen-bond donors (Lipinski definition) is 0. The van der Waals surface area contributed by atoms with Gasteiger partial charge in [0.1, 0.15) is 17.0 Å². The van der Waals surface area contributed by atoms with E-state index in [9.17, 15) is 4.79 Å². The summed E-state index contributed by atoms with van der Waals surface area (Å²) in [5.74, 6) is 0. The molecule has 3 nitrogen and oxygen atoms in total. The molecule has 0 bridgehead atoms. The van der Waals surface area contributed by atoms with Crippen molar-refractivity contribution in [2.45, 2.75) is 26.3 Å². The molecule has 0 fully saturated rings.